The van der Waals surface area contributed by atoms with E-state index >= 15 is 0 Å². The van der Waals surface area contributed by atoms with Gasteiger partial charge in [-0.1, -0.05) is 38.3 Å². The lowest BCUT2D eigenvalue weighted by molar-refractivity contribution is 0.183. The van der Waals surface area contributed by atoms with Gasteiger partial charge in [-0.05, 0) is 55.7 Å². The smallest absolute Gasteiger partial charge is 0.126 e. The Hall–Kier alpha value is -0.890. The Morgan fingerprint density at radius 2 is 1.89 bits per heavy atom. The van der Waals surface area contributed by atoms with Crippen molar-refractivity contribution in [3.63, 3.8) is 0 Å². The molecule has 0 aliphatic heterocycles. The van der Waals surface area contributed by atoms with Gasteiger partial charge in [-0.2, -0.15) is 0 Å². The van der Waals surface area contributed by atoms with E-state index in [-0.39, 0.29) is 5.82 Å². The van der Waals surface area contributed by atoms with Crippen LogP contribution in [-0.4, -0.2) is 0 Å². The van der Waals surface area contributed by atoms with Crippen molar-refractivity contribution >= 4 is 0 Å². The molecule has 1 saturated carbocycles. The van der Waals surface area contributed by atoms with Crippen LogP contribution in [0.2, 0.25) is 0 Å². The second kappa shape index (κ2) is 5.62. The molecule has 106 valence electrons. The summed E-state index contributed by atoms with van der Waals surface area (Å²) in [5.41, 5.74) is 7.77. The molecular formula is C17H26FN. The number of hydrogen-bond donors (Lipinski definition) is 1. The van der Waals surface area contributed by atoms with Gasteiger partial charge in [-0.15, -0.1) is 0 Å². The molecule has 1 aromatic carbocycles. The maximum absolute atomic E-state index is 13.7. The van der Waals surface area contributed by atoms with Crippen molar-refractivity contribution in [3.05, 3.63) is 35.1 Å². The zero-order chi connectivity index (χ0) is 14.0. The van der Waals surface area contributed by atoms with Crippen molar-refractivity contribution in [1.29, 1.82) is 0 Å². The number of benzene rings is 1. The largest absolute Gasteiger partial charge is 0.321 e. The van der Waals surface area contributed by atoms with Crippen molar-refractivity contribution in [2.24, 2.45) is 17.6 Å². The topological polar surface area (TPSA) is 26.0 Å². The summed E-state index contributed by atoms with van der Waals surface area (Å²) in [6.07, 6.45) is 6.14. The monoisotopic (exact) mass is 263 g/mol. The van der Waals surface area contributed by atoms with E-state index in [9.17, 15) is 4.39 Å². The van der Waals surface area contributed by atoms with E-state index in [2.05, 4.69) is 13.8 Å². The van der Waals surface area contributed by atoms with Crippen LogP contribution >= 0.6 is 0 Å². The van der Waals surface area contributed by atoms with E-state index in [1.165, 1.54) is 32.1 Å². The quantitative estimate of drug-likeness (QED) is 0.852. The third-order valence-corrected chi connectivity index (χ3v) is 5.07. The molecule has 0 aromatic heterocycles. The standard InChI is InChI=1S/C17H26FN/c1-4-13-6-9-14(10-7-13)17(3,19)15-8-5-12(2)16(18)11-15/h5,8,11,13-14H,4,6-7,9-10,19H2,1-3H3. The zero-order valence-electron chi connectivity index (χ0n) is 12.4. The third-order valence-electron chi connectivity index (χ3n) is 5.07. The number of nitrogens with two attached hydrogens (primary N) is 1. The van der Waals surface area contributed by atoms with E-state index < -0.39 is 5.54 Å². The minimum atomic E-state index is -0.409. The minimum Gasteiger partial charge on any atom is -0.321 e. The summed E-state index contributed by atoms with van der Waals surface area (Å²) in [7, 11) is 0. The van der Waals surface area contributed by atoms with Crippen LogP contribution in [0.4, 0.5) is 4.39 Å². The molecule has 1 aliphatic carbocycles. The summed E-state index contributed by atoms with van der Waals surface area (Å²) in [5.74, 6) is 1.19. The average Bonchev–Trinajstić information content (AvgIpc) is 2.41. The molecule has 1 fully saturated rings. The van der Waals surface area contributed by atoms with Crippen molar-refractivity contribution in [1.82, 2.24) is 0 Å². The van der Waals surface area contributed by atoms with Gasteiger partial charge in [0.15, 0.2) is 0 Å². The van der Waals surface area contributed by atoms with Crippen LogP contribution in [0.3, 0.4) is 0 Å². The Morgan fingerprint density at radius 1 is 1.26 bits per heavy atom. The number of hydrogen-bond acceptors (Lipinski definition) is 1. The summed E-state index contributed by atoms with van der Waals surface area (Å²) in [5, 5.41) is 0. The van der Waals surface area contributed by atoms with Crippen molar-refractivity contribution in [2.45, 2.75) is 58.4 Å². The summed E-state index contributed by atoms with van der Waals surface area (Å²) in [6.45, 7) is 6.12. The second-order valence-electron chi connectivity index (χ2n) is 6.37. The number of rotatable bonds is 3. The van der Waals surface area contributed by atoms with Crippen molar-refractivity contribution < 1.29 is 4.39 Å². The first kappa shape index (κ1) is 14.5. The van der Waals surface area contributed by atoms with Gasteiger partial charge in [0.1, 0.15) is 5.82 Å². The predicted molar refractivity (Wildman–Crippen MR) is 78.4 cm³/mol. The molecule has 0 amide bonds. The molecule has 0 spiro atoms. The van der Waals surface area contributed by atoms with Gasteiger partial charge >= 0.3 is 0 Å². The number of aryl methyl sites for hydroxylation is 1. The summed E-state index contributed by atoms with van der Waals surface area (Å²) in [6, 6.07) is 5.46. The Labute approximate surface area is 116 Å². The fourth-order valence-corrected chi connectivity index (χ4v) is 3.33. The first-order valence-corrected chi connectivity index (χ1v) is 7.50. The van der Waals surface area contributed by atoms with Gasteiger partial charge < -0.3 is 5.73 Å². The van der Waals surface area contributed by atoms with E-state index in [0.717, 1.165) is 11.5 Å². The molecule has 2 heteroatoms. The molecule has 2 N–H and O–H groups in total. The second-order valence-corrected chi connectivity index (χ2v) is 6.37. The number of halogens is 1. The Kier molecular flexibility index (Phi) is 4.29. The maximum Gasteiger partial charge on any atom is 0.126 e. The van der Waals surface area contributed by atoms with Crippen LogP contribution in [0.5, 0.6) is 0 Å². The highest BCUT2D eigenvalue weighted by Crippen LogP contribution is 2.40. The molecule has 2 rings (SSSR count). The Bertz CT molecular complexity index is 431. The molecule has 1 atom stereocenters. The van der Waals surface area contributed by atoms with Crippen LogP contribution in [-0.2, 0) is 5.54 Å². The van der Waals surface area contributed by atoms with Gasteiger partial charge in [-0.3, -0.25) is 0 Å². The Morgan fingerprint density at radius 3 is 2.42 bits per heavy atom. The lowest BCUT2D eigenvalue weighted by Gasteiger charge is -2.39. The van der Waals surface area contributed by atoms with Gasteiger partial charge in [-0.25, -0.2) is 4.39 Å². The van der Waals surface area contributed by atoms with Crippen molar-refractivity contribution in [3.8, 4) is 0 Å². The summed E-state index contributed by atoms with van der Waals surface area (Å²) in [4.78, 5) is 0. The highest BCUT2D eigenvalue weighted by molar-refractivity contribution is 5.29. The van der Waals surface area contributed by atoms with Crippen LogP contribution in [0.25, 0.3) is 0 Å². The van der Waals surface area contributed by atoms with E-state index in [1.54, 1.807) is 13.0 Å². The first-order chi connectivity index (χ1) is 8.95. The highest BCUT2D eigenvalue weighted by atomic mass is 19.1. The lowest BCUT2D eigenvalue weighted by atomic mass is 9.70. The summed E-state index contributed by atoms with van der Waals surface area (Å²) < 4.78 is 13.7. The van der Waals surface area contributed by atoms with Gasteiger partial charge in [0.25, 0.3) is 0 Å². The molecule has 0 radical (unpaired) electrons. The minimum absolute atomic E-state index is 0.142. The predicted octanol–water partition coefficient (Wildman–Crippen LogP) is 4.52. The van der Waals surface area contributed by atoms with Gasteiger partial charge in [0.2, 0.25) is 0 Å². The average molecular weight is 263 g/mol. The molecule has 1 unspecified atom stereocenters. The molecule has 1 aliphatic rings. The molecule has 19 heavy (non-hydrogen) atoms. The van der Waals surface area contributed by atoms with Crippen LogP contribution < -0.4 is 5.73 Å². The molecule has 0 saturated heterocycles. The SMILES string of the molecule is CCC1CCC(C(C)(N)c2ccc(C)c(F)c2)CC1. The van der Waals surface area contributed by atoms with E-state index in [4.69, 9.17) is 5.73 Å². The van der Waals surface area contributed by atoms with Gasteiger partial charge in [0, 0.05) is 5.54 Å². The fraction of sp³-hybridized carbons (Fsp3) is 0.647. The molecule has 1 aromatic rings. The third kappa shape index (κ3) is 3.00. The van der Waals surface area contributed by atoms with Crippen LogP contribution in [0.1, 0.15) is 57.1 Å². The maximum atomic E-state index is 13.7. The zero-order valence-corrected chi connectivity index (χ0v) is 12.4. The molecule has 0 bridgehead atoms. The fourth-order valence-electron chi connectivity index (χ4n) is 3.33. The normalized spacial score (nSPS) is 27.0. The summed E-state index contributed by atoms with van der Waals surface area (Å²) >= 11 is 0. The van der Waals surface area contributed by atoms with E-state index in [1.807, 2.05) is 12.1 Å². The first-order valence-electron chi connectivity index (χ1n) is 7.50. The Balaban J connectivity index is 2.15. The molecule has 0 heterocycles. The van der Waals surface area contributed by atoms with Gasteiger partial charge in [0.05, 0.1) is 0 Å². The van der Waals surface area contributed by atoms with E-state index in [0.29, 0.717) is 11.5 Å². The molecular weight excluding hydrogens is 237 g/mol. The van der Waals surface area contributed by atoms with Crippen LogP contribution in [0, 0.1) is 24.6 Å². The lowest BCUT2D eigenvalue weighted by Crippen LogP contribution is -2.43. The van der Waals surface area contributed by atoms with Crippen LogP contribution in [0.15, 0.2) is 18.2 Å². The van der Waals surface area contributed by atoms with Crippen molar-refractivity contribution in [2.75, 3.05) is 0 Å². The molecule has 1 nitrogen and oxygen atoms in total. The highest BCUT2D eigenvalue weighted by Gasteiger charge is 2.34.